The van der Waals surface area contributed by atoms with Crippen LogP contribution in [0.15, 0.2) is 65.2 Å². The minimum absolute atomic E-state index is 0.107. The maximum Gasteiger partial charge on any atom is 0.273 e. The predicted octanol–water partition coefficient (Wildman–Crippen LogP) is 4.14. The topological polar surface area (TPSA) is 55.1 Å². The molecule has 0 aliphatic heterocycles. The molecular weight excluding hydrogens is 288 g/mol. The highest BCUT2D eigenvalue weighted by atomic mass is 16.5. The molecule has 0 fully saturated rings. The van der Waals surface area contributed by atoms with Crippen molar-refractivity contribution < 1.29 is 9.32 Å². The van der Waals surface area contributed by atoms with Gasteiger partial charge in [0.25, 0.3) is 5.91 Å². The first-order valence-electron chi connectivity index (χ1n) is 7.53. The molecule has 1 amide bonds. The van der Waals surface area contributed by atoms with Gasteiger partial charge in [-0.1, -0.05) is 59.8 Å². The number of hydrogen-bond acceptors (Lipinski definition) is 3. The molecular formula is C19H18N2O2. The molecule has 3 rings (SSSR count). The first-order chi connectivity index (χ1) is 11.1. The van der Waals surface area contributed by atoms with E-state index in [-0.39, 0.29) is 11.9 Å². The molecule has 0 bridgehead atoms. The molecule has 1 atom stereocenters. The second-order valence-corrected chi connectivity index (χ2v) is 5.51. The van der Waals surface area contributed by atoms with E-state index in [1.807, 2.05) is 37.3 Å². The quantitative estimate of drug-likeness (QED) is 0.788. The zero-order chi connectivity index (χ0) is 16.2. The second-order valence-electron chi connectivity index (χ2n) is 5.51. The van der Waals surface area contributed by atoms with Crippen molar-refractivity contribution in [3.63, 3.8) is 0 Å². The zero-order valence-corrected chi connectivity index (χ0v) is 13.1. The van der Waals surface area contributed by atoms with Crippen LogP contribution in [0.4, 0.5) is 0 Å². The minimum Gasteiger partial charge on any atom is -0.361 e. The Balaban J connectivity index is 1.70. The van der Waals surface area contributed by atoms with Crippen LogP contribution >= 0.6 is 0 Å². The Bertz CT molecular complexity index is 792. The van der Waals surface area contributed by atoms with Gasteiger partial charge in [-0.25, -0.2) is 0 Å². The summed E-state index contributed by atoms with van der Waals surface area (Å²) < 4.78 is 4.93. The molecule has 0 aliphatic carbocycles. The Kier molecular flexibility index (Phi) is 4.24. The average molecular weight is 306 g/mol. The predicted molar refractivity (Wildman–Crippen MR) is 89.0 cm³/mol. The third-order valence-electron chi connectivity index (χ3n) is 3.73. The summed E-state index contributed by atoms with van der Waals surface area (Å²) in [6.45, 7) is 3.71. The molecule has 3 aromatic rings. The van der Waals surface area contributed by atoms with Gasteiger partial charge < -0.3 is 9.84 Å². The van der Waals surface area contributed by atoms with E-state index >= 15 is 0 Å². The molecule has 1 aromatic heterocycles. The number of carbonyl (C=O) groups is 1. The SMILES string of the molecule is Cc1cc(C(=O)N[C@H](C)c2ccc(-c3ccccc3)cc2)no1. The first kappa shape index (κ1) is 15.0. The van der Waals surface area contributed by atoms with Crippen LogP contribution in [0.1, 0.15) is 34.8 Å². The van der Waals surface area contributed by atoms with Crippen LogP contribution in [0, 0.1) is 6.92 Å². The molecule has 0 unspecified atom stereocenters. The number of nitrogens with one attached hydrogen (secondary N) is 1. The molecule has 4 heteroatoms. The van der Waals surface area contributed by atoms with Crippen LogP contribution in [-0.2, 0) is 0 Å². The average Bonchev–Trinajstić information content (AvgIpc) is 3.02. The zero-order valence-electron chi connectivity index (χ0n) is 13.1. The van der Waals surface area contributed by atoms with Gasteiger partial charge in [-0.3, -0.25) is 4.79 Å². The van der Waals surface area contributed by atoms with Crippen molar-refractivity contribution in [2.24, 2.45) is 0 Å². The molecule has 0 spiro atoms. The van der Waals surface area contributed by atoms with E-state index in [2.05, 4.69) is 34.7 Å². The standard InChI is InChI=1S/C19H18N2O2/c1-13-12-18(21-23-13)19(22)20-14(2)15-8-10-17(11-9-15)16-6-4-3-5-7-16/h3-12,14H,1-2H3,(H,20,22)/t14-/m1/s1. The van der Waals surface area contributed by atoms with Crippen LogP contribution in [0.2, 0.25) is 0 Å². The van der Waals surface area contributed by atoms with E-state index in [1.54, 1.807) is 13.0 Å². The van der Waals surface area contributed by atoms with Crippen molar-refractivity contribution in [1.29, 1.82) is 0 Å². The highest BCUT2D eigenvalue weighted by Gasteiger charge is 2.14. The lowest BCUT2D eigenvalue weighted by Crippen LogP contribution is -2.26. The van der Waals surface area contributed by atoms with Crippen LogP contribution in [0.5, 0.6) is 0 Å². The maximum absolute atomic E-state index is 12.1. The molecule has 116 valence electrons. The Morgan fingerprint density at radius 2 is 1.70 bits per heavy atom. The van der Waals surface area contributed by atoms with Gasteiger partial charge in [-0.15, -0.1) is 0 Å². The molecule has 0 radical (unpaired) electrons. The van der Waals surface area contributed by atoms with Crippen molar-refractivity contribution in [3.8, 4) is 11.1 Å². The number of benzene rings is 2. The van der Waals surface area contributed by atoms with Crippen LogP contribution in [0.25, 0.3) is 11.1 Å². The largest absolute Gasteiger partial charge is 0.361 e. The van der Waals surface area contributed by atoms with Gasteiger partial charge in [0, 0.05) is 6.07 Å². The van der Waals surface area contributed by atoms with Crippen molar-refractivity contribution in [3.05, 3.63) is 77.7 Å². The number of carbonyl (C=O) groups excluding carboxylic acids is 1. The molecule has 0 saturated heterocycles. The van der Waals surface area contributed by atoms with E-state index < -0.39 is 0 Å². The monoisotopic (exact) mass is 306 g/mol. The van der Waals surface area contributed by atoms with Crippen molar-refractivity contribution in [2.75, 3.05) is 0 Å². The molecule has 23 heavy (non-hydrogen) atoms. The smallest absolute Gasteiger partial charge is 0.273 e. The third-order valence-corrected chi connectivity index (χ3v) is 3.73. The van der Waals surface area contributed by atoms with Gasteiger partial charge in [0.05, 0.1) is 6.04 Å². The van der Waals surface area contributed by atoms with E-state index in [4.69, 9.17) is 4.52 Å². The lowest BCUT2D eigenvalue weighted by Gasteiger charge is -2.14. The highest BCUT2D eigenvalue weighted by molar-refractivity contribution is 5.92. The number of aryl methyl sites for hydroxylation is 1. The first-order valence-corrected chi connectivity index (χ1v) is 7.53. The Morgan fingerprint density at radius 1 is 1.04 bits per heavy atom. The number of rotatable bonds is 4. The highest BCUT2D eigenvalue weighted by Crippen LogP contribution is 2.21. The molecule has 1 heterocycles. The summed E-state index contributed by atoms with van der Waals surface area (Å²) in [5, 5.41) is 6.65. The van der Waals surface area contributed by atoms with Gasteiger partial charge >= 0.3 is 0 Å². The Hall–Kier alpha value is -2.88. The Labute approximate surface area is 135 Å². The fourth-order valence-corrected chi connectivity index (χ4v) is 2.42. The molecule has 0 aliphatic rings. The third kappa shape index (κ3) is 3.48. The van der Waals surface area contributed by atoms with Crippen molar-refractivity contribution in [2.45, 2.75) is 19.9 Å². The Morgan fingerprint density at radius 3 is 2.30 bits per heavy atom. The summed E-state index contributed by atoms with van der Waals surface area (Å²) in [5.74, 6) is 0.386. The van der Waals surface area contributed by atoms with E-state index in [1.165, 1.54) is 5.56 Å². The van der Waals surface area contributed by atoms with Gasteiger partial charge in [0.1, 0.15) is 5.76 Å². The summed E-state index contributed by atoms with van der Waals surface area (Å²) >= 11 is 0. The molecule has 0 saturated carbocycles. The van der Waals surface area contributed by atoms with Crippen LogP contribution in [0.3, 0.4) is 0 Å². The summed E-state index contributed by atoms with van der Waals surface area (Å²) in [4.78, 5) is 12.1. The second kappa shape index (κ2) is 6.48. The van der Waals surface area contributed by atoms with E-state index in [9.17, 15) is 4.79 Å². The van der Waals surface area contributed by atoms with Crippen molar-refractivity contribution >= 4 is 5.91 Å². The number of nitrogens with zero attached hydrogens (tertiary/aromatic N) is 1. The lowest BCUT2D eigenvalue weighted by molar-refractivity contribution is 0.0930. The van der Waals surface area contributed by atoms with Crippen LogP contribution < -0.4 is 5.32 Å². The minimum atomic E-state index is -0.235. The van der Waals surface area contributed by atoms with Crippen LogP contribution in [-0.4, -0.2) is 11.1 Å². The van der Waals surface area contributed by atoms with Crippen molar-refractivity contribution in [1.82, 2.24) is 10.5 Å². The van der Waals surface area contributed by atoms with Gasteiger partial charge in [0.15, 0.2) is 5.69 Å². The van der Waals surface area contributed by atoms with Gasteiger partial charge in [0.2, 0.25) is 0 Å². The summed E-state index contributed by atoms with van der Waals surface area (Å²) in [5.41, 5.74) is 3.67. The summed E-state index contributed by atoms with van der Waals surface area (Å²) in [7, 11) is 0. The lowest BCUT2D eigenvalue weighted by atomic mass is 10.0. The van der Waals surface area contributed by atoms with Gasteiger partial charge in [-0.05, 0) is 30.5 Å². The number of aromatic nitrogens is 1. The summed E-state index contributed by atoms with van der Waals surface area (Å²) in [6.07, 6.45) is 0. The number of hydrogen-bond donors (Lipinski definition) is 1. The molecule has 4 nitrogen and oxygen atoms in total. The fourth-order valence-electron chi connectivity index (χ4n) is 2.42. The van der Waals surface area contributed by atoms with Gasteiger partial charge in [-0.2, -0.15) is 0 Å². The van der Waals surface area contributed by atoms with E-state index in [0.717, 1.165) is 11.1 Å². The number of amides is 1. The normalized spacial score (nSPS) is 11.9. The molecule has 1 N–H and O–H groups in total. The van der Waals surface area contributed by atoms with E-state index in [0.29, 0.717) is 11.5 Å². The maximum atomic E-state index is 12.1. The summed E-state index contributed by atoms with van der Waals surface area (Å²) in [6, 6.07) is 19.9. The fraction of sp³-hybridized carbons (Fsp3) is 0.158. The molecule has 2 aromatic carbocycles.